The van der Waals surface area contributed by atoms with Crippen LogP contribution >= 0.6 is 11.8 Å². The zero-order valence-electron chi connectivity index (χ0n) is 18.2. The minimum absolute atomic E-state index is 0.538. The number of aromatic nitrogens is 1. The molecule has 0 unspecified atom stereocenters. The number of hydrogen-bond acceptors (Lipinski definition) is 4. The van der Waals surface area contributed by atoms with Gasteiger partial charge in [0.1, 0.15) is 16.8 Å². The first-order valence-corrected chi connectivity index (χ1v) is 11.5. The molecule has 32 heavy (non-hydrogen) atoms. The molecule has 0 aliphatic heterocycles. The molecule has 0 spiro atoms. The van der Waals surface area contributed by atoms with Crippen molar-refractivity contribution in [3.8, 4) is 34.2 Å². The molecule has 1 heterocycles. The molecule has 0 amide bonds. The zero-order valence-corrected chi connectivity index (χ0v) is 19.0. The molecule has 1 aromatic heterocycles. The fourth-order valence-corrected chi connectivity index (χ4v) is 4.26. The minimum atomic E-state index is 0.538. The number of benzene rings is 3. The van der Waals surface area contributed by atoms with Gasteiger partial charge in [-0.25, -0.2) is 4.98 Å². The van der Waals surface area contributed by atoms with E-state index in [9.17, 15) is 5.26 Å². The Labute approximate surface area is 193 Å². The molecule has 0 atom stereocenters. The highest BCUT2D eigenvalue weighted by molar-refractivity contribution is 7.99. The molecular weight excluding hydrogens is 412 g/mol. The third-order valence-corrected chi connectivity index (χ3v) is 6.26. The van der Waals surface area contributed by atoms with E-state index in [4.69, 9.17) is 9.72 Å². The summed E-state index contributed by atoms with van der Waals surface area (Å²) in [5.74, 6) is 1.56. The van der Waals surface area contributed by atoms with Crippen molar-refractivity contribution in [2.24, 2.45) is 0 Å². The van der Waals surface area contributed by atoms with E-state index in [1.54, 1.807) is 11.8 Å². The van der Waals surface area contributed by atoms with Crippen LogP contribution in [0.25, 0.3) is 22.4 Å². The van der Waals surface area contributed by atoms with E-state index in [1.165, 1.54) is 11.1 Å². The molecule has 158 valence electrons. The quantitative estimate of drug-likeness (QED) is 0.229. The molecule has 3 nitrogen and oxygen atoms in total. The van der Waals surface area contributed by atoms with Crippen molar-refractivity contribution in [1.82, 2.24) is 4.98 Å². The number of aryl methyl sites for hydroxylation is 2. The minimum Gasteiger partial charge on any atom is -0.493 e. The monoisotopic (exact) mass is 436 g/mol. The molecule has 0 saturated heterocycles. The first-order chi connectivity index (χ1) is 15.7. The maximum absolute atomic E-state index is 9.98. The van der Waals surface area contributed by atoms with Gasteiger partial charge in [0.25, 0.3) is 0 Å². The highest BCUT2D eigenvalue weighted by Crippen LogP contribution is 2.34. The number of pyridine rings is 1. The number of hydrogen-bond donors (Lipinski definition) is 0. The molecule has 0 bridgehead atoms. The van der Waals surface area contributed by atoms with Crippen LogP contribution in [-0.2, 0) is 0 Å². The average Bonchev–Trinajstić information content (AvgIpc) is 2.84. The van der Waals surface area contributed by atoms with Crippen LogP contribution in [0.15, 0.2) is 90.0 Å². The van der Waals surface area contributed by atoms with Crippen LogP contribution in [0.5, 0.6) is 5.75 Å². The number of nitrogens with zero attached hydrogens (tertiary/aromatic N) is 2. The van der Waals surface area contributed by atoms with E-state index < -0.39 is 0 Å². The third-order valence-electron chi connectivity index (χ3n) is 5.32. The van der Waals surface area contributed by atoms with E-state index in [1.807, 2.05) is 72.8 Å². The molecule has 0 N–H and O–H groups in total. The molecule has 0 aliphatic carbocycles. The van der Waals surface area contributed by atoms with E-state index in [-0.39, 0.29) is 0 Å². The Morgan fingerprint density at radius 1 is 0.844 bits per heavy atom. The molecular formula is C28H24N2OS. The van der Waals surface area contributed by atoms with Gasteiger partial charge < -0.3 is 4.74 Å². The van der Waals surface area contributed by atoms with Crippen molar-refractivity contribution in [2.45, 2.75) is 18.9 Å². The summed E-state index contributed by atoms with van der Waals surface area (Å²) in [5, 5.41) is 10.7. The van der Waals surface area contributed by atoms with Gasteiger partial charge >= 0.3 is 0 Å². The molecule has 4 heteroatoms. The van der Waals surface area contributed by atoms with Crippen molar-refractivity contribution in [3.63, 3.8) is 0 Å². The Hall–Kier alpha value is -3.55. The van der Waals surface area contributed by atoms with Gasteiger partial charge in [-0.3, -0.25) is 0 Å². The number of thioether (sulfide) groups is 1. The van der Waals surface area contributed by atoms with Crippen LogP contribution in [0.3, 0.4) is 0 Å². The van der Waals surface area contributed by atoms with Gasteiger partial charge in [-0.05, 0) is 48.7 Å². The summed E-state index contributed by atoms with van der Waals surface area (Å²) in [7, 11) is 0. The second-order valence-electron chi connectivity index (χ2n) is 7.52. The van der Waals surface area contributed by atoms with Gasteiger partial charge in [0.05, 0.1) is 17.9 Å². The maximum Gasteiger partial charge on any atom is 0.119 e. The summed E-state index contributed by atoms with van der Waals surface area (Å²) >= 11 is 1.56. The molecule has 3 aromatic carbocycles. The Morgan fingerprint density at radius 2 is 1.53 bits per heavy atom. The first kappa shape index (κ1) is 21.7. The predicted octanol–water partition coefficient (Wildman–Crippen LogP) is 7.08. The van der Waals surface area contributed by atoms with Crippen LogP contribution in [-0.4, -0.2) is 17.3 Å². The smallest absolute Gasteiger partial charge is 0.119 e. The average molecular weight is 437 g/mol. The lowest BCUT2D eigenvalue weighted by Crippen LogP contribution is -2.02. The summed E-state index contributed by atoms with van der Waals surface area (Å²) in [4.78, 5) is 4.86. The summed E-state index contributed by atoms with van der Waals surface area (Å²) in [5.41, 5.74) is 6.87. The zero-order chi connectivity index (χ0) is 22.3. The lowest BCUT2D eigenvalue weighted by Gasteiger charge is -2.13. The summed E-state index contributed by atoms with van der Waals surface area (Å²) in [6.45, 7) is 4.71. The van der Waals surface area contributed by atoms with Crippen molar-refractivity contribution < 1.29 is 4.74 Å². The topological polar surface area (TPSA) is 45.9 Å². The number of ether oxygens (including phenoxy) is 1. The van der Waals surface area contributed by atoms with Crippen LogP contribution in [0.4, 0.5) is 0 Å². The van der Waals surface area contributed by atoms with Gasteiger partial charge in [-0.1, -0.05) is 66.7 Å². The Kier molecular flexibility index (Phi) is 6.89. The molecule has 4 rings (SSSR count). The van der Waals surface area contributed by atoms with Crippen molar-refractivity contribution >= 4 is 11.8 Å². The molecule has 0 saturated carbocycles. The summed E-state index contributed by atoms with van der Waals surface area (Å²) < 4.78 is 5.94. The van der Waals surface area contributed by atoms with Crippen LogP contribution < -0.4 is 4.74 Å². The number of rotatable bonds is 7. The van der Waals surface area contributed by atoms with Gasteiger partial charge in [0.15, 0.2) is 0 Å². The van der Waals surface area contributed by atoms with E-state index >= 15 is 0 Å². The molecule has 4 aromatic rings. The van der Waals surface area contributed by atoms with Crippen LogP contribution in [0, 0.1) is 25.2 Å². The largest absolute Gasteiger partial charge is 0.493 e. The lowest BCUT2D eigenvalue weighted by atomic mass is 9.99. The first-order valence-electron chi connectivity index (χ1n) is 10.5. The fraction of sp³-hybridized carbons (Fsp3) is 0.143. The Morgan fingerprint density at radius 3 is 2.19 bits per heavy atom. The van der Waals surface area contributed by atoms with Gasteiger partial charge in [0.2, 0.25) is 0 Å². The van der Waals surface area contributed by atoms with Crippen molar-refractivity contribution in [2.75, 3.05) is 12.4 Å². The van der Waals surface area contributed by atoms with E-state index in [0.717, 1.165) is 33.2 Å². The van der Waals surface area contributed by atoms with E-state index in [0.29, 0.717) is 17.9 Å². The maximum atomic E-state index is 9.98. The van der Waals surface area contributed by atoms with Crippen molar-refractivity contribution in [1.29, 1.82) is 5.26 Å². The van der Waals surface area contributed by atoms with Crippen LogP contribution in [0.2, 0.25) is 0 Å². The third kappa shape index (κ3) is 5.01. The number of nitriles is 1. The molecule has 0 fully saturated rings. The standard InChI is InChI=1S/C28H24N2OS/c1-20-13-14-24(17-21(20)2)31-15-16-32-28-26(19-29)25(22-9-5-3-6-10-22)18-27(30-28)23-11-7-4-8-12-23/h3-14,17-18H,15-16H2,1-2H3. The van der Waals surface area contributed by atoms with Gasteiger partial charge in [-0.15, -0.1) is 11.8 Å². The highest BCUT2D eigenvalue weighted by atomic mass is 32.2. The lowest BCUT2D eigenvalue weighted by molar-refractivity contribution is 0.343. The second-order valence-corrected chi connectivity index (χ2v) is 8.61. The molecule has 0 aliphatic rings. The van der Waals surface area contributed by atoms with E-state index in [2.05, 4.69) is 32.0 Å². The Bertz CT molecular complexity index is 1250. The van der Waals surface area contributed by atoms with Crippen molar-refractivity contribution in [3.05, 3.63) is 102 Å². The Balaban J connectivity index is 1.61. The highest BCUT2D eigenvalue weighted by Gasteiger charge is 2.15. The van der Waals surface area contributed by atoms with Gasteiger partial charge in [-0.2, -0.15) is 5.26 Å². The normalized spacial score (nSPS) is 10.5. The summed E-state index contributed by atoms with van der Waals surface area (Å²) in [6.07, 6.45) is 0. The van der Waals surface area contributed by atoms with Crippen LogP contribution in [0.1, 0.15) is 16.7 Å². The van der Waals surface area contributed by atoms with Gasteiger partial charge in [0, 0.05) is 16.9 Å². The second kappa shape index (κ2) is 10.2. The fourth-order valence-electron chi connectivity index (χ4n) is 3.44. The predicted molar refractivity (Wildman–Crippen MR) is 132 cm³/mol. The summed E-state index contributed by atoms with van der Waals surface area (Å²) in [6, 6.07) is 30.6. The molecule has 0 radical (unpaired) electrons. The SMILES string of the molecule is Cc1ccc(OCCSc2nc(-c3ccccc3)cc(-c3ccccc3)c2C#N)cc1C.